The Labute approximate surface area is 390 Å². The van der Waals surface area contributed by atoms with Crippen molar-refractivity contribution in [2.45, 2.75) is 15.2 Å². The van der Waals surface area contributed by atoms with Crippen LogP contribution in [0.5, 0.6) is 0 Å². The van der Waals surface area contributed by atoms with Crippen molar-refractivity contribution in [1.82, 2.24) is 4.57 Å². The number of rotatable bonds is 4. The molecule has 312 valence electrons. The van der Waals surface area contributed by atoms with E-state index in [0.29, 0.717) is 0 Å². The van der Waals surface area contributed by atoms with E-state index in [2.05, 4.69) is 234 Å². The van der Waals surface area contributed by atoms with Crippen LogP contribution in [0.25, 0.3) is 82.1 Å². The Hall–Kier alpha value is -8.31. The largest absolute Gasteiger partial charge is 0.456 e. The van der Waals surface area contributed by atoms with Crippen LogP contribution in [0, 0.1) is 0 Å². The highest BCUT2D eigenvalue weighted by Gasteiger charge is 2.48. The Morgan fingerprint density at radius 2 is 1.01 bits per heavy atom. The quantitative estimate of drug-likeness (QED) is 0.176. The van der Waals surface area contributed by atoms with Crippen molar-refractivity contribution in [1.29, 1.82) is 0 Å². The Bertz CT molecular complexity index is 4220. The summed E-state index contributed by atoms with van der Waals surface area (Å²) in [6.45, 7) is 0. The summed E-state index contributed by atoms with van der Waals surface area (Å²) >= 11 is 1.89. The summed E-state index contributed by atoms with van der Waals surface area (Å²) in [6.07, 6.45) is 0. The molecule has 0 saturated heterocycles. The number of nitrogens with zero attached hydrogens (tertiary/aromatic N) is 2. The van der Waals surface area contributed by atoms with E-state index in [1.165, 1.54) is 75.5 Å². The number of benzene rings is 11. The van der Waals surface area contributed by atoms with E-state index in [0.717, 1.165) is 55.7 Å². The van der Waals surface area contributed by atoms with Gasteiger partial charge in [0.25, 0.3) is 0 Å². The van der Waals surface area contributed by atoms with E-state index < -0.39 is 5.41 Å². The van der Waals surface area contributed by atoms with Crippen molar-refractivity contribution in [3.05, 3.63) is 253 Å². The number of hydrogen-bond donors (Lipinski definition) is 0. The molecule has 0 N–H and O–H groups in total. The maximum absolute atomic E-state index is 6.47. The van der Waals surface area contributed by atoms with E-state index >= 15 is 0 Å². The van der Waals surface area contributed by atoms with Gasteiger partial charge in [-0.25, -0.2) is 0 Å². The van der Waals surface area contributed by atoms with Gasteiger partial charge in [0.15, 0.2) is 0 Å². The molecule has 1 unspecified atom stereocenters. The topological polar surface area (TPSA) is 21.3 Å². The zero-order chi connectivity index (χ0) is 43.8. The second-order valence-electron chi connectivity index (χ2n) is 17.9. The predicted octanol–water partition coefficient (Wildman–Crippen LogP) is 17.3. The van der Waals surface area contributed by atoms with Gasteiger partial charge in [0, 0.05) is 59.9 Å². The molecule has 0 radical (unpaired) electrons. The van der Waals surface area contributed by atoms with Crippen LogP contribution in [0.15, 0.2) is 245 Å². The van der Waals surface area contributed by atoms with Crippen LogP contribution in [0.3, 0.4) is 0 Å². The summed E-state index contributed by atoms with van der Waals surface area (Å²) in [5.41, 5.74) is 15.8. The highest BCUT2D eigenvalue weighted by Crippen LogP contribution is 2.62. The average Bonchev–Trinajstić information content (AvgIpc) is 3.93. The van der Waals surface area contributed by atoms with Gasteiger partial charge in [-0.05, 0) is 110 Å². The lowest BCUT2D eigenvalue weighted by molar-refractivity contribution is 0.668. The van der Waals surface area contributed by atoms with Crippen LogP contribution in [0.1, 0.15) is 22.3 Å². The van der Waals surface area contributed by atoms with Crippen molar-refractivity contribution < 1.29 is 4.42 Å². The fourth-order valence-corrected chi connectivity index (χ4v) is 13.1. The summed E-state index contributed by atoms with van der Waals surface area (Å²) in [5, 5.41) is 9.66. The van der Waals surface area contributed by atoms with Crippen LogP contribution in [0.2, 0.25) is 0 Å². The monoisotopic (exact) mass is 870 g/mol. The normalized spacial score (nSPS) is 14.9. The van der Waals surface area contributed by atoms with Crippen molar-refractivity contribution in [2.24, 2.45) is 0 Å². The molecule has 2 aliphatic rings. The third kappa shape index (κ3) is 5.08. The smallest absolute Gasteiger partial charge is 0.137 e. The highest BCUT2D eigenvalue weighted by atomic mass is 32.2. The number of anilines is 3. The second kappa shape index (κ2) is 13.9. The van der Waals surface area contributed by atoms with E-state index in [-0.39, 0.29) is 0 Å². The first-order valence-corrected chi connectivity index (χ1v) is 23.8. The number of fused-ring (bicyclic) bond motifs is 15. The average molecular weight is 871 g/mol. The molecule has 2 aromatic heterocycles. The molecule has 0 bridgehead atoms. The lowest BCUT2D eigenvalue weighted by Crippen LogP contribution is -2.36. The number of para-hydroxylation sites is 2. The number of aromatic nitrogens is 1. The van der Waals surface area contributed by atoms with Crippen molar-refractivity contribution >= 4 is 94.1 Å². The van der Waals surface area contributed by atoms with Gasteiger partial charge < -0.3 is 13.9 Å². The minimum absolute atomic E-state index is 0.523. The summed E-state index contributed by atoms with van der Waals surface area (Å²) in [6, 6.07) is 85.3. The lowest BCUT2D eigenvalue weighted by Gasteiger charge is -2.46. The maximum Gasteiger partial charge on any atom is 0.137 e. The number of furan rings is 1. The molecule has 0 fully saturated rings. The minimum Gasteiger partial charge on any atom is -0.456 e. The fourth-order valence-electron chi connectivity index (χ4n) is 11.9. The maximum atomic E-state index is 6.47. The van der Waals surface area contributed by atoms with Gasteiger partial charge in [-0.15, -0.1) is 0 Å². The standard InChI is InChI=1S/C63H38N2OS/c1-2-18-44-39(14-1)15-13-27-55(44)64(41-30-33-47-46-20-4-8-26-56(46)65(57(47)36-41)42-31-34-49-48-21-5-9-28-58(48)66-59(49)37-42)43-32-35-53-61(38-43)67-60-29-10-7-24-52(60)63(53)51-23-6-3-19-45(51)50-22-11-16-40-17-12-25-54(63)62(40)50/h1-38H. The molecule has 67 heavy (non-hydrogen) atoms. The third-order valence-electron chi connectivity index (χ3n) is 14.6. The first-order valence-electron chi connectivity index (χ1n) is 23.0. The summed E-state index contributed by atoms with van der Waals surface area (Å²) < 4.78 is 8.88. The fraction of sp³-hybridized carbons (Fsp3) is 0.0159. The molecule has 15 rings (SSSR count). The second-order valence-corrected chi connectivity index (χ2v) is 19.0. The summed E-state index contributed by atoms with van der Waals surface area (Å²) in [4.78, 5) is 5.01. The van der Waals surface area contributed by atoms with Gasteiger partial charge in [-0.3, -0.25) is 0 Å². The molecule has 1 aliphatic carbocycles. The van der Waals surface area contributed by atoms with Gasteiger partial charge in [0.2, 0.25) is 0 Å². The Kier molecular flexibility index (Phi) is 7.64. The molecular weight excluding hydrogens is 833 g/mol. The molecule has 3 nitrogen and oxygen atoms in total. The van der Waals surface area contributed by atoms with Crippen LogP contribution in [0.4, 0.5) is 17.1 Å². The Morgan fingerprint density at radius 3 is 1.96 bits per heavy atom. The highest BCUT2D eigenvalue weighted by molar-refractivity contribution is 7.99. The van der Waals surface area contributed by atoms with Gasteiger partial charge in [0.05, 0.1) is 22.1 Å². The zero-order valence-electron chi connectivity index (χ0n) is 36.2. The van der Waals surface area contributed by atoms with E-state index in [4.69, 9.17) is 4.42 Å². The molecule has 1 aliphatic heterocycles. The first kappa shape index (κ1) is 37.0. The van der Waals surface area contributed by atoms with E-state index in [9.17, 15) is 0 Å². The SMILES string of the molecule is c1ccc2c(c1)Sc1cc(N(c3ccc4c5ccccc5n(-c5ccc6c(c5)oc5ccccc56)c4c3)c3cccc4ccccc34)ccc1C21c2ccccc2-c2cccc3cccc1c23. The number of hydrogen-bond acceptors (Lipinski definition) is 3. The van der Waals surface area contributed by atoms with Gasteiger partial charge in [0.1, 0.15) is 11.2 Å². The zero-order valence-corrected chi connectivity index (χ0v) is 37.0. The Morgan fingerprint density at radius 1 is 0.388 bits per heavy atom. The van der Waals surface area contributed by atoms with Crippen molar-refractivity contribution in [3.63, 3.8) is 0 Å². The molecule has 3 heterocycles. The molecule has 0 amide bonds. The van der Waals surface area contributed by atoms with Crippen molar-refractivity contribution in [3.8, 4) is 16.8 Å². The molecule has 0 saturated carbocycles. The molecule has 1 atom stereocenters. The first-order chi connectivity index (χ1) is 33.2. The lowest BCUT2D eigenvalue weighted by atomic mass is 9.59. The molecular formula is C63H38N2OS. The van der Waals surface area contributed by atoms with Gasteiger partial charge >= 0.3 is 0 Å². The predicted molar refractivity (Wildman–Crippen MR) is 279 cm³/mol. The van der Waals surface area contributed by atoms with E-state index in [1.54, 1.807) is 0 Å². The van der Waals surface area contributed by atoms with Crippen molar-refractivity contribution in [2.75, 3.05) is 4.90 Å². The van der Waals surface area contributed by atoms with Crippen LogP contribution in [-0.4, -0.2) is 4.57 Å². The Balaban J connectivity index is 0.990. The molecule has 1 spiro atoms. The summed E-state index contributed by atoms with van der Waals surface area (Å²) in [7, 11) is 0. The van der Waals surface area contributed by atoms with E-state index in [1.807, 2.05) is 17.8 Å². The summed E-state index contributed by atoms with van der Waals surface area (Å²) in [5.74, 6) is 0. The van der Waals surface area contributed by atoms with Crippen LogP contribution in [-0.2, 0) is 5.41 Å². The van der Waals surface area contributed by atoms with Gasteiger partial charge in [-0.2, -0.15) is 0 Å². The minimum atomic E-state index is -0.523. The van der Waals surface area contributed by atoms with Crippen LogP contribution < -0.4 is 4.90 Å². The van der Waals surface area contributed by atoms with Crippen LogP contribution >= 0.6 is 11.8 Å². The molecule has 11 aromatic carbocycles. The van der Waals surface area contributed by atoms with Gasteiger partial charge in [-0.1, -0.05) is 176 Å². The molecule has 4 heteroatoms. The molecule has 13 aromatic rings. The third-order valence-corrected chi connectivity index (χ3v) is 15.7.